The second kappa shape index (κ2) is 12.7. The molecule has 2 aliphatic heterocycles. The minimum Gasteiger partial charge on any atom is -0.497 e. The summed E-state index contributed by atoms with van der Waals surface area (Å²) in [6.07, 6.45) is 5.13. The van der Waals surface area contributed by atoms with Crippen molar-refractivity contribution in [1.29, 1.82) is 0 Å². The van der Waals surface area contributed by atoms with Crippen LogP contribution in [0, 0.1) is 0 Å². The molecule has 0 bridgehead atoms. The number of carbonyl (C=O) groups is 2. The first-order chi connectivity index (χ1) is 19.5. The van der Waals surface area contributed by atoms with E-state index in [2.05, 4.69) is 10.3 Å². The number of hydrogen-bond donors (Lipinski definition) is 1. The molecule has 206 valence electrons. The first-order valence-corrected chi connectivity index (χ1v) is 14.0. The van der Waals surface area contributed by atoms with Crippen molar-refractivity contribution in [2.75, 3.05) is 27.3 Å². The van der Waals surface area contributed by atoms with Crippen LogP contribution in [0.25, 0.3) is 6.08 Å². The Hall–Kier alpha value is -4.24. The third-order valence-electron chi connectivity index (χ3n) is 6.68. The van der Waals surface area contributed by atoms with Crippen molar-refractivity contribution >= 4 is 40.5 Å². The van der Waals surface area contributed by atoms with Crippen molar-refractivity contribution in [3.63, 3.8) is 0 Å². The quantitative estimate of drug-likeness (QED) is 0.352. The lowest BCUT2D eigenvalue weighted by Gasteiger charge is -2.26. The minimum absolute atomic E-state index is 0.0896. The normalized spacial score (nSPS) is 17.1. The number of amides is 2. The van der Waals surface area contributed by atoms with Gasteiger partial charge in [0.15, 0.2) is 16.7 Å². The maximum absolute atomic E-state index is 12.7. The van der Waals surface area contributed by atoms with Gasteiger partial charge in [0.05, 0.1) is 24.8 Å². The highest BCUT2D eigenvalue weighted by atomic mass is 32.2. The maximum atomic E-state index is 12.7. The van der Waals surface area contributed by atoms with Gasteiger partial charge in [-0.15, -0.1) is 0 Å². The molecule has 2 amide bonds. The first kappa shape index (κ1) is 27.3. The molecule has 0 spiro atoms. The van der Waals surface area contributed by atoms with Gasteiger partial charge < -0.3 is 24.4 Å². The molecular weight excluding hydrogens is 526 g/mol. The number of nitrogens with zero attached hydrogens (tertiary/aromatic N) is 2. The number of carbonyl (C=O) groups excluding carboxylic acids is 2. The van der Waals surface area contributed by atoms with E-state index < -0.39 is 0 Å². The van der Waals surface area contributed by atoms with Crippen molar-refractivity contribution < 1.29 is 23.8 Å². The molecule has 2 saturated heterocycles. The molecule has 0 aromatic heterocycles. The van der Waals surface area contributed by atoms with Crippen molar-refractivity contribution in [1.82, 2.24) is 10.2 Å². The SMILES string of the molecule is COc1ccc(N=C2NC(=O)/C(=C/c3ccc(OCc4ccc(C(=O)N5CCCCC5)cc4)c(OC)c3)S2)cc1. The van der Waals surface area contributed by atoms with Crippen molar-refractivity contribution in [2.45, 2.75) is 25.9 Å². The van der Waals surface area contributed by atoms with Gasteiger partial charge in [-0.05, 0) is 96.8 Å². The minimum atomic E-state index is -0.209. The zero-order valence-corrected chi connectivity index (χ0v) is 23.3. The van der Waals surface area contributed by atoms with E-state index in [1.54, 1.807) is 20.3 Å². The molecule has 0 atom stereocenters. The molecule has 3 aromatic carbocycles. The largest absolute Gasteiger partial charge is 0.497 e. The van der Waals surface area contributed by atoms with Gasteiger partial charge in [0.25, 0.3) is 11.8 Å². The van der Waals surface area contributed by atoms with Crippen molar-refractivity contribution in [3.8, 4) is 17.2 Å². The van der Waals surface area contributed by atoms with Crippen LogP contribution in [0.2, 0.25) is 0 Å². The Balaban J connectivity index is 1.21. The lowest BCUT2D eigenvalue weighted by atomic mass is 10.1. The zero-order valence-electron chi connectivity index (χ0n) is 22.5. The van der Waals surface area contributed by atoms with E-state index in [4.69, 9.17) is 14.2 Å². The van der Waals surface area contributed by atoms with E-state index in [0.717, 1.165) is 48.5 Å². The molecule has 3 aromatic rings. The van der Waals surface area contributed by atoms with Crippen LogP contribution in [0.5, 0.6) is 17.2 Å². The molecule has 8 nitrogen and oxygen atoms in total. The number of thioether (sulfide) groups is 1. The van der Waals surface area contributed by atoms with E-state index in [1.807, 2.05) is 71.6 Å². The topological polar surface area (TPSA) is 89.5 Å². The van der Waals surface area contributed by atoms with Crippen LogP contribution in [0.4, 0.5) is 5.69 Å². The summed E-state index contributed by atoms with van der Waals surface area (Å²) in [5, 5.41) is 3.32. The number of methoxy groups -OCH3 is 2. The second-order valence-electron chi connectivity index (χ2n) is 9.43. The van der Waals surface area contributed by atoms with Crippen LogP contribution in [-0.4, -0.2) is 49.2 Å². The number of piperidine rings is 1. The lowest BCUT2D eigenvalue weighted by molar-refractivity contribution is -0.115. The molecule has 9 heteroatoms. The molecule has 0 saturated carbocycles. The van der Waals surface area contributed by atoms with Gasteiger partial charge in [-0.25, -0.2) is 4.99 Å². The Bertz CT molecular complexity index is 1430. The average molecular weight is 558 g/mol. The summed E-state index contributed by atoms with van der Waals surface area (Å²) < 4.78 is 16.8. The van der Waals surface area contributed by atoms with Gasteiger partial charge in [-0.1, -0.05) is 18.2 Å². The summed E-state index contributed by atoms with van der Waals surface area (Å²) in [7, 11) is 3.19. The molecule has 0 aliphatic carbocycles. The average Bonchev–Trinajstić information content (AvgIpc) is 3.34. The van der Waals surface area contributed by atoms with E-state index >= 15 is 0 Å². The van der Waals surface area contributed by atoms with Crippen LogP contribution in [-0.2, 0) is 11.4 Å². The first-order valence-electron chi connectivity index (χ1n) is 13.1. The zero-order chi connectivity index (χ0) is 27.9. The number of ether oxygens (including phenoxy) is 3. The monoisotopic (exact) mass is 557 g/mol. The fourth-order valence-electron chi connectivity index (χ4n) is 4.48. The standard InChI is InChI=1S/C31H31N3O5S/c1-37-25-13-11-24(12-14-25)32-31-33-29(35)28(40-31)19-22-8-15-26(27(18-22)38-2)39-20-21-6-9-23(10-7-21)30(36)34-16-4-3-5-17-34/h6-15,18-19H,3-5,16-17,20H2,1-2H3,(H,32,33,35)/b28-19-. The van der Waals surface area contributed by atoms with Crippen LogP contribution < -0.4 is 19.5 Å². The molecule has 5 rings (SSSR count). The Labute approximate surface area is 238 Å². The van der Waals surface area contributed by atoms with Gasteiger partial charge in [-0.2, -0.15) is 0 Å². The van der Waals surface area contributed by atoms with Crippen molar-refractivity contribution in [3.05, 3.63) is 88.3 Å². The predicted molar refractivity (Wildman–Crippen MR) is 157 cm³/mol. The number of likely N-dealkylation sites (tertiary alicyclic amines) is 1. The second-order valence-corrected chi connectivity index (χ2v) is 10.5. The number of amidine groups is 1. The molecule has 0 radical (unpaired) electrons. The molecule has 0 unspecified atom stereocenters. The molecule has 40 heavy (non-hydrogen) atoms. The lowest BCUT2D eigenvalue weighted by Crippen LogP contribution is -2.35. The number of aliphatic imine (C=N–C) groups is 1. The number of hydrogen-bond acceptors (Lipinski definition) is 7. The number of benzene rings is 3. The van der Waals surface area contributed by atoms with Gasteiger partial charge in [-0.3, -0.25) is 9.59 Å². The highest BCUT2D eigenvalue weighted by molar-refractivity contribution is 8.18. The summed E-state index contributed by atoms with van der Waals surface area (Å²) in [4.78, 5) is 32.2. The number of nitrogens with one attached hydrogen (secondary N) is 1. The summed E-state index contributed by atoms with van der Waals surface area (Å²) in [5.74, 6) is 1.77. The highest BCUT2D eigenvalue weighted by Crippen LogP contribution is 2.33. The van der Waals surface area contributed by atoms with Crippen molar-refractivity contribution in [2.24, 2.45) is 4.99 Å². The predicted octanol–water partition coefficient (Wildman–Crippen LogP) is 5.80. The maximum Gasteiger partial charge on any atom is 0.264 e. The fourth-order valence-corrected chi connectivity index (χ4v) is 5.33. The van der Waals surface area contributed by atoms with Gasteiger partial charge in [0.2, 0.25) is 0 Å². The van der Waals surface area contributed by atoms with Crippen LogP contribution in [0.3, 0.4) is 0 Å². The Morgan fingerprint density at radius 3 is 2.40 bits per heavy atom. The third-order valence-corrected chi connectivity index (χ3v) is 7.59. The molecule has 2 aliphatic rings. The van der Waals surface area contributed by atoms with Crippen LogP contribution in [0.15, 0.2) is 76.6 Å². The molecule has 1 N–H and O–H groups in total. The highest BCUT2D eigenvalue weighted by Gasteiger charge is 2.24. The van der Waals surface area contributed by atoms with E-state index in [1.165, 1.54) is 18.2 Å². The summed E-state index contributed by atoms with van der Waals surface area (Å²) in [5.41, 5.74) is 3.17. The summed E-state index contributed by atoms with van der Waals surface area (Å²) in [6.45, 7) is 1.99. The third kappa shape index (κ3) is 6.66. The van der Waals surface area contributed by atoms with Gasteiger partial charge >= 0.3 is 0 Å². The fraction of sp³-hybridized carbons (Fsp3) is 0.258. The molecule has 2 fully saturated rings. The van der Waals surface area contributed by atoms with Crippen LogP contribution in [0.1, 0.15) is 40.7 Å². The van der Waals surface area contributed by atoms with Crippen LogP contribution >= 0.6 is 11.8 Å². The molecular formula is C31H31N3O5S. The Morgan fingerprint density at radius 2 is 1.70 bits per heavy atom. The Morgan fingerprint density at radius 1 is 0.950 bits per heavy atom. The molecule has 2 heterocycles. The smallest absolute Gasteiger partial charge is 0.264 e. The summed E-state index contributed by atoms with van der Waals surface area (Å²) >= 11 is 1.28. The summed E-state index contributed by atoms with van der Waals surface area (Å²) in [6, 6.07) is 20.4. The van der Waals surface area contributed by atoms with E-state index in [-0.39, 0.29) is 11.8 Å². The van der Waals surface area contributed by atoms with Gasteiger partial charge in [0.1, 0.15) is 12.4 Å². The van der Waals surface area contributed by atoms with Gasteiger partial charge in [0, 0.05) is 18.7 Å². The van der Waals surface area contributed by atoms with E-state index in [9.17, 15) is 9.59 Å². The van der Waals surface area contributed by atoms with E-state index in [0.29, 0.717) is 33.7 Å². The number of rotatable bonds is 8. The Kier molecular flexibility index (Phi) is 8.71.